The zero-order valence-electron chi connectivity index (χ0n) is 23.7. The number of hydrogen-bond donors (Lipinski definition) is 2. The zero-order chi connectivity index (χ0) is 31.8. The Balaban J connectivity index is 1.39. The molecule has 0 spiro atoms. The highest BCUT2D eigenvalue weighted by Gasteiger charge is 2.37. The fraction of sp³-hybridized carbons (Fsp3) is 0.200. The van der Waals surface area contributed by atoms with Gasteiger partial charge in [-0.3, -0.25) is 19.2 Å². The van der Waals surface area contributed by atoms with Gasteiger partial charge in [0.2, 0.25) is 0 Å². The Hall–Kier alpha value is -5.84. The monoisotopic (exact) mass is 601 g/mol. The number of carbonyl (C=O) groups excluding carboxylic acids is 2. The Kier molecular flexibility index (Phi) is 7.71. The lowest BCUT2D eigenvalue weighted by atomic mass is 10.00. The van der Waals surface area contributed by atoms with Crippen molar-refractivity contribution in [2.75, 3.05) is 29.3 Å². The van der Waals surface area contributed by atoms with E-state index < -0.39 is 35.4 Å². The van der Waals surface area contributed by atoms with Gasteiger partial charge in [-0.25, -0.2) is 9.78 Å². The van der Waals surface area contributed by atoms with Crippen molar-refractivity contribution < 1.29 is 33.0 Å². The predicted molar refractivity (Wildman–Crippen MR) is 154 cm³/mol. The highest BCUT2D eigenvalue weighted by atomic mass is 19.3. The van der Waals surface area contributed by atoms with Gasteiger partial charge < -0.3 is 20.1 Å². The van der Waals surface area contributed by atoms with Gasteiger partial charge in [0.15, 0.2) is 0 Å². The summed E-state index contributed by atoms with van der Waals surface area (Å²) in [6.07, 6.45) is 1.11. The molecule has 0 saturated carbocycles. The first kappa shape index (κ1) is 29.6. The maximum Gasteiger partial charge on any atom is 0.412 e. The fourth-order valence-electron chi connectivity index (χ4n) is 4.88. The number of benzene rings is 2. The molecular weight excluding hydrogens is 576 g/mol. The van der Waals surface area contributed by atoms with E-state index in [1.165, 1.54) is 72.4 Å². The molecule has 44 heavy (non-hydrogen) atoms. The number of fused-ring (bicyclic) bond motifs is 1. The molecule has 14 heteroatoms. The smallest absolute Gasteiger partial charge is 0.412 e. The molecule has 5 rings (SSSR count). The van der Waals surface area contributed by atoms with Gasteiger partial charge in [-0.1, -0.05) is 12.1 Å². The van der Waals surface area contributed by atoms with Gasteiger partial charge in [0.25, 0.3) is 17.7 Å². The first-order chi connectivity index (χ1) is 21.0. The molecule has 1 aliphatic rings. The third-order valence-corrected chi connectivity index (χ3v) is 7.22. The van der Waals surface area contributed by atoms with Crippen LogP contribution in [0.1, 0.15) is 44.5 Å². The van der Waals surface area contributed by atoms with E-state index in [4.69, 9.17) is 9.84 Å². The minimum absolute atomic E-state index is 0.103. The van der Waals surface area contributed by atoms with Gasteiger partial charge in [-0.05, 0) is 49.4 Å². The van der Waals surface area contributed by atoms with Crippen LogP contribution < -0.4 is 19.9 Å². The molecule has 1 aliphatic heterocycles. The van der Waals surface area contributed by atoms with Gasteiger partial charge in [0.05, 0.1) is 37.1 Å². The summed E-state index contributed by atoms with van der Waals surface area (Å²) in [6.45, 7) is 2.05. The molecule has 224 valence electrons. The van der Waals surface area contributed by atoms with E-state index in [0.29, 0.717) is 11.4 Å². The number of anilines is 3. The standard InChI is InChI=1S/C30H25F2N7O5/c1-17-16-38-26(23(15-35-38)36-27(40)18-4-9-24(44-3)19(12-18)14-33)28(41)39(17)22-7-5-20(6-8-22)30(31,32)21-10-11-34-25(13-21)37(2)29(42)43/h4-13,15,17H,16H2,1-3H3,(H,36,40)(H,42,43)/t17-/m0/s1. The van der Waals surface area contributed by atoms with Gasteiger partial charge in [0.1, 0.15) is 23.3 Å². The number of halogens is 2. The molecule has 0 radical (unpaired) electrons. The van der Waals surface area contributed by atoms with Crippen molar-refractivity contribution >= 4 is 35.1 Å². The van der Waals surface area contributed by atoms with Crippen molar-refractivity contribution in [1.29, 1.82) is 5.26 Å². The first-order valence-corrected chi connectivity index (χ1v) is 13.2. The van der Waals surface area contributed by atoms with Crippen LogP contribution in [0.15, 0.2) is 67.0 Å². The number of nitriles is 1. The van der Waals surface area contributed by atoms with Crippen molar-refractivity contribution in [1.82, 2.24) is 14.8 Å². The van der Waals surface area contributed by atoms with E-state index in [1.807, 2.05) is 6.07 Å². The molecular formula is C30H25F2N7O5. The van der Waals surface area contributed by atoms with Crippen LogP contribution >= 0.6 is 0 Å². The number of aromatic nitrogens is 3. The van der Waals surface area contributed by atoms with Crippen molar-refractivity contribution in [3.63, 3.8) is 0 Å². The summed E-state index contributed by atoms with van der Waals surface area (Å²) < 4.78 is 37.5. The van der Waals surface area contributed by atoms with Gasteiger partial charge in [-0.2, -0.15) is 19.1 Å². The second-order valence-electron chi connectivity index (χ2n) is 9.96. The fourth-order valence-corrected chi connectivity index (χ4v) is 4.88. The normalized spacial score (nSPS) is 14.4. The SMILES string of the molecule is COc1ccc(C(=O)Nc2cnn3c2C(=O)N(c2ccc(C(F)(F)c4ccnc(N(C)C(=O)O)c4)cc2)[C@@H](C)C3)cc1C#N. The summed E-state index contributed by atoms with van der Waals surface area (Å²) in [6, 6.07) is 13.2. The molecule has 0 aliphatic carbocycles. The number of nitrogens with one attached hydrogen (secondary N) is 1. The van der Waals surface area contributed by atoms with E-state index in [-0.39, 0.29) is 40.4 Å². The molecule has 3 amide bonds. The zero-order valence-corrected chi connectivity index (χ0v) is 23.7. The van der Waals surface area contributed by atoms with Crippen LogP contribution in [0.5, 0.6) is 5.75 Å². The summed E-state index contributed by atoms with van der Waals surface area (Å²) in [5.41, 5.74) is 0.113. The lowest BCUT2D eigenvalue weighted by Gasteiger charge is -2.34. The Morgan fingerprint density at radius 2 is 1.89 bits per heavy atom. The van der Waals surface area contributed by atoms with Crippen LogP contribution in [0.3, 0.4) is 0 Å². The van der Waals surface area contributed by atoms with E-state index >= 15 is 8.78 Å². The number of methoxy groups -OCH3 is 1. The largest absolute Gasteiger partial charge is 0.495 e. The first-order valence-electron chi connectivity index (χ1n) is 13.2. The third kappa shape index (κ3) is 5.26. The minimum Gasteiger partial charge on any atom is -0.495 e. The summed E-state index contributed by atoms with van der Waals surface area (Å²) in [5.74, 6) is -4.41. The number of hydrogen-bond acceptors (Lipinski definition) is 7. The molecule has 2 N–H and O–H groups in total. The Labute approximate surface area is 249 Å². The van der Waals surface area contributed by atoms with Crippen LogP contribution in [0, 0.1) is 11.3 Å². The van der Waals surface area contributed by atoms with Crippen molar-refractivity contribution in [2.24, 2.45) is 0 Å². The number of carbonyl (C=O) groups is 3. The molecule has 0 fully saturated rings. The topological polar surface area (TPSA) is 154 Å². The summed E-state index contributed by atoms with van der Waals surface area (Å²) >= 11 is 0. The molecule has 12 nitrogen and oxygen atoms in total. The number of alkyl halides is 2. The highest BCUT2D eigenvalue weighted by Crippen LogP contribution is 2.38. The molecule has 2 aromatic heterocycles. The number of nitrogens with zero attached hydrogens (tertiary/aromatic N) is 6. The maximum atomic E-state index is 15.5. The quantitative estimate of drug-likeness (QED) is 0.309. The van der Waals surface area contributed by atoms with Crippen LogP contribution in [0.25, 0.3) is 0 Å². The predicted octanol–water partition coefficient (Wildman–Crippen LogP) is 4.71. The Bertz CT molecular complexity index is 1820. The van der Waals surface area contributed by atoms with E-state index in [0.717, 1.165) is 23.2 Å². The second-order valence-corrected chi connectivity index (χ2v) is 9.96. The van der Waals surface area contributed by atoms with Crippen molar-refractivity contribution in [2.45, 2.75) is 25.4 Å². The molecule has 3 heterocycles. The maximum absolute atomic E-state index is 15.5. The molecule has 4 aromatic rings. The summed E-state index contributed by atoms with van der Waals surface area (Å²) in [4.78, 5) is 44.0. The van der Waals surface area contributed by atoms with E-state index in [1.54, 1.807) is 6.92 Å². The number of amides is 3. The minimum atomic E-state index is -3.49. The summed E-state index contributed by atoms with van der Waals surface area (Å²) in [7, 11) is 2.61. The third-order valence-electron chi connectivity index (χ3n) is 7.22. The lowest BCUT2D eigenvalue weighted by Crippen LogP contribution is -2.47. The van der Waals surface area contributed by atoms with Gasteiger partial charge in [-0.15, -0.1) is 0 Å². The van der Waals surface area contributed by atoms with Crippen molar-refractivity contribution in [3.05, 3.63) is 94.9 Å². The lowest BCUT2D eigenvalue weighted by molar-refractivity contribution is 0.0428. The molecule has 0 saturated heterocycles. The van der Waals surface area contributed by atoms with Gasteiger partial charge in [0, 0.05) is 35.6 Å². The van der Waals surface area contributed by atoms with E-state index in [2.05, 4.69) is 15.4 Å². The molecule has 1 atom stereocenters. The molecule has 0 unspecified atom stereocenters. The highest BCUT2D eigenvalue weighted by molar-refractivity contribution is 6.13. The van der Waals surface area contributed by atoms with Crippen molar-refractivity contribution in [3.8, 4) is 11.8 Å². The van der Waals surface area contributed by atoms with Crippen LogP contribution in [-0.2, 0) is 12.5 Å². The number of pyridine rings is 1. The number of ether oxygens (including phenoxy) is 1. The molecule has 0 bridgehead atoms. The van der Waals surface area contributed by atoms with Crippen LogP contribution in [0.2, 0.25) is 0 Å². The average molecular weight is 602 g/mol. The van der Waals surface area contributed by atoms with Crippen LogP contribution in [0.4, 0.5) is 30.8 Å². The van der Waals surface area contributed by atoms with E-state index in [9.17, 15) is 19.6 Å². The second kappa shape index (κ2) is 11.4. The molecule has 2 aromatic carbocycles. The Morgan fingerprint density at radius 1 is 1.16 bits per heavy atom. The number of carboxylic acid groups (broad SMARTS) is 1. The number of rotatable bonds is 7. The van der Waals surface area contributed by atoms with Gasteiger partial charge >= 0.3 is 6.09 Å². The average Bonchev–Trinajstić information content (AvgIpc) is 3.42. The Morgan fingerprint density at radius 3 is 2.55 bits per heavy atom. The van der Waals surface area contributed by atoms with Crippen LogP contribution in [-0.4, -0.2) is 58.0 Å². The summed E-state index contributed by atoms with van der Waals surface area (Å²) in [5, 5.41) is 25.4.